The molecule has 0 saturated heterocycles. The second-order valence-electron chi connectivity index (χ2n) is 7.61. The summed E-state index contributed by atoms with van der Waals surface area (Å²) in [5.41, 5.74) is 2.92. The minimum absolute atomic E-state index is 0.0259. The summed E-state index contributed by atoms with van der Waals surface area (Å²) in [6.45, 7) is 6.98. The fourth-order valence-electron chi connectivity index (χ4n) is 3.07. The molecule has 0 aliphatic carbocycles. The highest BCUT2D eigenvalue weighted by atomic mass is 16.5. The maximum atomic E-state index is 12.5. The molecule has 164 valence electrons. The number of rotatable bonds is 9. The summed E-state index contributed by atoms with van der Waals surface area (Å²) >= 11 is 0. The molecule has 2 amide bonds. The molecule has 0 fully saturated rings. The predicted molar refractivity (Wildman–Crippen MR) is 121 cm³/mol. The largest absolute Gasteiger partial charge is 0.451 e. The van der Waals surface area contributed by atoms with E-state index in [2.05, 4.69) is 17.6 Å². The van der Waals surface area contributed by atoms with Crippen LogP contribution >= 0.6 is 0 Å². The average molecular weight is 423 g/mol. The smallest absolute Gasteiger partial charge is 0.355 e. The van der Waals surface area contributed by atoms with Crippen LogP contribution in [0.3, 0.4) is 0 Å². The molecular formula is C25H30N2O4. The molecule has 6 nitrogen and oxygen atoms in total. The van der Waals surface area contributed by atoms with Crippen molar-refractivity contribution in [2.75, 3.05) is 6.61 Å². The first kappa shape index (κ1) is 23.9. The lowest BCUT2D eigenvalue weighted by atomic mass is 9.95. The first-order valence-electron chi connectivity index (χ1n) is 10.4. The Hall–Kier alpha value is -3.41. The van der Waals surface area contributed by atoms with Crippen molar-refractivity contribution >= 4 is 23.9 Å². The van der Waals surface area contributed by atoms with E-state index in [0.717, 1.165) is 17.5 Å². The summed E-state index contributed by atoms with van der Waals surface area (Å²) in [5.74, 6) is -1.44. The van der Waals surface area contributed by atoms with E-state index in [9.17, 15) is 14.4 Å². The molecule has 0 heterocycles. The molecule has 0 saturated carbocycles. The van der Waals surface area contributed by atoms with Crippen LogP contribution in [-0.2, 0) is 25.5 Å². The van der Waals surface area contributed by atoms with Crippen LogP contribution < -0.4 is 10.6 Å². The summed E-state index contributed by atoms with van der Waals surface area (Å²) < 4.78 is 5.16. The molecule has 0 bridgehead atoms. The molecular weight excluding hydrogens is 392 g/mol. The first-order chi connectivity index (χ1) is 14.8. The molecule has 0 unspecified atom stereocenters. The number of carbonyl (C=O) groups excluding carboxylic acids is 3. The number of esters is 1. The molecule has 31 heavy (non-hydrogen) atoms. The SMILES string of the molecule is CCc1ccc([C@H](NC(=O)COC(=O)/C(=C/c2ccccc2)NC(C)=O)C(C)C)cc1. The van der Waals surface area contributed by atoms with E-state index < -0.39 is 24.4 Å². The minimum atomic E-state index is -0.775. The van der Waals surface area contributed by atoms with Crippen molar-refractivity contribution in [2.24, 2.45) is 5.92 Å². The van der Waals surface area contributed by atoms with E-state index in [4.69, 9.17) is 4.74 Å². The van der Waals surface area contributed by atoms with Gasteiger partial charge in [-0.25, -0.2) is 4.79 Å². The van der Waals surface area contributed by atoms with E-state index in [-0.39, 0.29) is 17.7 Å². The van der Waals surface area contributed by atoms with Crippen LogP contribution in [0.25, 0.3) is 6.08 Å². The molecule has 1 atom stereocenters. The second kappa shape index (κ2) is 11.7. The molecule has 2 rings (SSSR count). The van der Waals surface area contributed by atoms with Crippen molar-refractivity contribution < 1.29 is 19.1 Å². The topological polar surface area (TPSA) is 84.5 Å². The van der Waals surface area contributed by atoms with Gasteiger partial charge in [-0.15, -0.1) is 0 Å². The summed E-state index contributed by atoms with van der Waals surface area (Å²) in [5, 5.41) is 5.40. The summed E-state index contributed by atoms with van der Waals surface area (Å²) in [6, 6.07) is 17.0. The zero-order chi connectivity index (χ0) is 22.8. The summed E-state index contributed by atoms with van der Waals surface area (Å²) in [6.07, 6.45) is 2.45. The highest BCUT2D eigenvalue weighted by Gasteiger charge is 2.20. The van der Waals surface area contributed by atoms with Crippen LogP contribution in [0.4, 0.5) is 0 Å². The standard InChI is InChI=1S/C25H30N2O4/c1-5-19-11-13-21(14-12-19)24(17(2)3)27-23(29)16-31-25(30)22(26-18(4)28)15-20-9-7-6-8-10-20/h6-15,17,24H,5,16H2,1-4H3,(H,26,28)(H,27,29)/b22-15-/t24-/m1/s1. The quantitative estimate of drug-likeness (QED) is 0.476. The third kappa shape index (κ3) is 7.74. The van der Waals surface area contributed by atoms with Crippen LogP contribution in [0.15, 0.2) is 60.3 Å². The van der Waals surface area contributed by atoms with Crippen molar-refractivity contribution in [2.45, 2.75) is 40.2 Å². The molecule has 6 heteroatoms. The molecule has 2 N–H and O–H groups in total. The van der Waals surface area contributed by atoms with E-state index in [0.29, 0.717) is 0 Å². The number of nitrogens with one attached hydrogen (secondary N) is 2. The highest BCUT2D eigenvalue weighted by Crippen LogP contribution is 2.22. The molecule has 0 aliphatic heterocycles. The third-order valence-electron chi connectivity index (χ3n) is 4.71. The lowest BCUT2D eigenvalue weighted by Gasteiger charge is -2.23. The molecule has 0 aliphatic rings. The maximum absolute atomic E-state index is 12.5. The Morgan fingerprint density at radius 3 is 2.19 bits per heavy atom. The molecule has 2 aromatic rings. The fourth-order valence-corrected chi connectivity index (χ4v) is 3.07. The van der Waals surface area contributed by atoms with Gasteiger partial charge in [0.15, 0.2) is 6.61 Å². The number of aryl methyl sites for hydroxylation is 1. The van der Waals surface area contributed by atoms with Crippen LogP contribution in [-0.4, -0.2) is 24.4 Å². The Morgan fingerprint density at radius 2 is 1.65 bits per heavy atom. The monoisotopic (exact) mass is 422 g/mol. The van der Waals surface area contributed by atoms with Crippen molar-refractivity contribution in [1.29, 1.82) is 0 Å². The first-order valence-corrected chi connectivity index (χ1v) is 10.4. The highest BCUT2D eigenvalue weighted by molar-refractivity contribution is 5.98. The summed E-state index contributed by atoms with van der Waals surface area (Å²) in [7, 11) is 0. The van der Waals surface area contributed by atoms with Crippen LogP contribution in [0.2, 0.25) is 0 Å². The number of ether oxygens (including phenoxy) is 1. The van der Waals surface area contributed by atoms with Gasteiger partial charge in [0.05, 0.1) is 6.04 Å². The van der Waals surface area contributed by atoms with Crippen LogP contribution in [0.5, 0.6) is 0 Å². The van der Waals surface area contributed by atoms with E-state index in [1.165, 1.54) is 18.6 Å². The zero-order valence-corrected chi connectivity index (χ0v) is 18.5. The predicted octanol–water partition coefficient (Wildman–Crippen LogP) is 3.78. The normalized spacial score (nSPS) is 12.2. The van der Waals surface area contributed by atoms with Crippen molar-refractivity contribution in [3.05, 3.63) is 77.0 Å². The molecule has 0 radical (unpaired) electrons. The molecule has 2 aromatic carbocycles. The number of carbonyl (C=O) groups is 3. The lowest BCUT2D eigenvalue weighted by Crippen LogP contribution is -2.36. The van der Waals surface area contributed by atoms with Gasteiger partial charge < -0.3 is 15.4 Å². The van der Waals surface area contributed by atoms with Crippen LogP contribution in [0.1, 0.15) is 50.4 Å². The number of benzene rings is 2. The zero-order valence-electron chi connectivity index (χ0n) is 18.5. The van der Waals surface area contributed by atoms with Gasteiger partial charge in [-0.3, -0.25) is 9.59 Å². The number of hydrogen-bond acceptors (Lipinski definition) is 4. The molecule has 0 aromatic heterocycles. The Balaban J connectivity index is 2.03. The van der Waals surface area contributed by atoms with Crippen molar-refractivity contribution in [3.8, 4) is 0 Å². The van der Waals surface area contributed by atoms with E-state index >= 15 is 0 Å². The Bertz CT molecular complexity index is 918. The molecule has 0 spiro atoms. The maximum Gasteiger partial charge on any atom is 0.355 e. The van der Waals surface area contributed by atoms with E-state index in [1.54, 1.807) is 12.1 Å². The Labute approximate surface area is 183 Å². The minimum Gasteiger partial charge on any atom is -0.451 e. The lowest BCUT2D eigenvalue weighted by molar-refractivity contribution is -0.145. The summed E-state index contributed by atoms with van der Waals surface area (Å²) in [4.78, 5) is 36.4. The van der Waals surface area contributed by atoms with Crippen molar-refractivity contribution in [3.63, 3.8) is 0 Å². The van der Waals surface area contributed by atoms with Gasteiger partial charge in [-0.05, 0) is 35.1 Å². The average Bonchev–Trinajstić information content (AvgIpc) is 2.75. The third-order valence-corrected chi connectivity index (χ3v) is 4.71. The van der Waals surface area contributed by atoms with Gasteiger partial charge in [-0.1, -0.05) is 75.4 Å². The fraction of sp³-hybridized carbons (Fsp3) is 0.320. The van der Waals surface area contributed by atoms with Gasteiger partial charge >= 0.3 is 5.97 Å². The Morgan fingerprint density at radius 1 is 1.00 bits per heavy atom. The Kier molecular flexibility index (Phi) is 9.00. The van der Waals surface area contributed by atoms with E-state index in [1.807, 2.05) is 56.3 Å². The second-order valence-corrected chi connectivity index (χ2v) is 7.61. The number of hydrogen-bond donors (Lipinski definition) is 2. The van der Waals surface area contributed by atoms with Gasteiger partial charge in [-0.2, -0.15) is 0 Å². The van der Waals surface area contributed by atoms with Crippen LogP contribution in [0, 0.1) is 5.92 Å². The van der Waals surface area contributed by atoms with Crippen molar-refractivity contribution in [1.82, 2.24) is 10.6 Å². The van der Waals surface area contributed by atoms with Gasteiger partial charge in [0.2, 0.25) is 5.91 Å². The van der Waals surface area contributed by atoms with Gasteiger partial charge in [0, 0.05) is 6.92 Å². The van der Waals surface area contributed by atoms with Gasteiger partial charge in [0.1, 0.15) is 5.70 Å². The van der Waals surface area contributed by atoms with Gasteiger partial charge in [0.25, 0.3) is 5.91 Å². The number of amides is 2.